The molecule has 0 bridgehead atoms. The highest BCUT2D eigenvalue weighted by atomic mass is 35.5. The van der Waals surface area contributed by atoms with Crippen molar-refractivity contribution in [2.45, 2.75) is 39.3 Å². The van der Waals surface area contributed by atoms with Gasteiger partial charge in [0.25, 0.3) is 0 Å². The number of β-amino-alcohol motifs (C(OH)–C–C–N with tert-alkyl or cyclic N) is 1. The van der Waals surface area contributed by atoms with E-state index >= 15 is 0 Å². The average Bonchev–Trinajstić information content (AvgIpc) is 3.05. The molecule has 0 amide bonds. The number of halogens is 1. The molecule has 1 heterocycles. The fourth-order valence-corrected chi connectivity index (χ4v) is 2.43. The standard InChI is InChI=1S/C19H26ClN3O2/c1-14-5-6-17(20)18(16(14)7-9-23-10-8-21-13-23)25-12-15(24)11-22-19(2,3)4/h5-10,13,15,22,24H,11-12H2,1-4H3/b9-7+. The second-order valence-electron chi connectivity index (χ2n) is 7.03. The van der Waals surface area contributed by atoms with E-state index in [1.54, 1.807) is 18.6 Å². The van der Waals surface area contributed by atoms with Gasteiger partial charge in [0.1, 0.15) is 18.5 Å². The van der Waals surface area contributed by atoms with Crippen molar-refractivity contribution in [2.24, 2.45) is 0 Å². The van der Waals surface area contributed by atoms with E-state index in [1.807, 2.05) is 36.0 Å². The Morgan fingerprint density at radius 2 is 2.16 bits per heavy atom. The van der Waals surface area contributed by atoms with Crippen LogP contribution in [0.25, 0.3) is 12.3 Å². The summed E-state index contributed by atoms with van der Waals surface area (Å²) in [6.07, 6.45) is 8.46. The minimum absolute atomic E-state index is 0.0549. The van der Waals surface area contributed by atoms with Crippen LogP contribution < -0.4 is 10.1 Å². The maximum absolute atomic E-state index is 10.1. The molecule has 0 aliphatic rings. The molecule has 5 nitrogen and oxygen atoms in total. The van der Waals surface area contributed by atoms with Gasteiger partial charge in [-0.1, -0.05) is 17.7 Å². The average molecular weight is 364 g/mol. The van der Waals surface area contributed by atoms with Crippen LogP contribution in [0.4, 0.5) is 0 Å². The first kappa shape index (κ1) is 19.5. The maximum atomic E-state index is 10.1. The molecule has 25 heavy (non-hydrogen) atoms. The van der Waals surface area contributed by atoms with Gasteiger partial charge in [0.2, 0.25) is 0 Å². The first-order valence-electron chi connectivity index (χ1n) is 8.27. The Morgan fingerprint density at radius 3 is 2.80 bits per heavy atom. The van der Waals surface area contributed by atoms with Crippen molar-refractivity contribution >= 4 is 23.9 Å². The summed E-state index contributed by atoms with van der Waals surface area (Å²) in [5.74, 6) is 0.577. The molecule has 0 saturated carbocycles. The Morgan fingerprint density at radius 1 is 1.40 bits per heavy atom. The van der Waals surface area contributed by atoms with Gasteiger partial charge in [-0.2, -0.15) is 0 Å². The number of ether oxygens (including phenoxy) is 1. The lowest BCUT2D eigenvalue weighted by Gasteiger charge is -2.23. The first-order valence-corrected chi connectivity index (χ1v) is 8.65. The van der Waals surface area contributed by atoms with Crippen molar-refractivity contribution in [3.8, 4) is 5.75 Å². The summed E-state index contributed by atoms with van der Waals surface area (Å²) in [4.78, 5) is 4.01. The summed E-state index contributed by atoms with van der Waals surface area (Å²) in [6, 6.07) is 3.75. The molecule has 136 valence electrons. The Kier molecular flexibility index (Phi) is 6.64. The maximum Gasteiger partial charge on any atom is 0.145 e. The lowest BCUT2D eigenvalue weighted by Crippen LogP contribution is -2.42. The molecule has 0 saturated heterocycles. The molecule has 0 spiro atoms. The van der Waals surface area contributed by atoms with E-state index in [2.05, 4.69) is 31.1 Å². The number of nitrogens with one attached hydrogen (secondary N) is 1. The number of hydrogen-bond donors (Lipinski definition) is 2. The molecular weight excluding hydrogens is 338 g/mol. The van der Waals surface area contributed by atoms with Crippen molar-refractivity contribution in [3.05, 3.63) is 47.0 Å². The van der Waals surface area contributed by atoms with Crippen molar-refractivity contribution in [3.63, 3.8) is 0 Å². The van der Waals surface area contributed by atoms with E-state index in [0.717, 1.165) is 11.1 Å². The summed E-state index contributed by atoms with van der Waals surface area (Å²) in [5, 5.41) is 13.9. The summed E-state index contributed by atoms with van der Waals surface area (Å²) in [7, 11) is 0. The number of nitrogens with zero attached hydrogens (tertiary/aromatic N) is 2. The quantitative estimate of drug-likeness (QED) is 0.789. The summed E-state index contributed by atoms with van der Waals surface area (Å²) < 4.78 is 7.69. The summed E-state index contributed by atoms with van der Waals surface area (Å²) in [6.45, 7) is 8.77. The number of imidazole rings is 1. The molecule has 2 aromatic rings. The molecule has 0 fully saturated rings. The smallest absolute Gasteiger partial charge is 0.145 e. The third-order valence-electron chi connectivity index (χ3n) is 3.59. The number of benzene rings is 1. The van der Waals surface area contributed by atoms with Crippen molar-refractivity contribution in [1.29, 1.82) is 0 Å². The largest absolute Gasteiger partial charge is 0.489 e. The van der Waals surface area contributed by atoms with Gasteiger partial charge in [-0.05, 0) is 45.4 Å². The van der Waals surface area contributed by atoms with Crippen LogP contribution in [0.5, 0.6) is 5.75 Å². The van der Waals surface area contributed by atoms with Crippen LogP contribution in [-0.4, -0.2) is 39.5 Å². The number of aromatic nitrogens is 2. The highest BCUT2D eigenvalue weighted by Gasteiger charge is 2.15. The minimum Gasteiger partial charge on any atom is -0.489 e. The number of hydrogen-bond acceptors (Lipinski definition) is 4. The van der Waals surface area contributed by atoms with Gasteiger partial charge in [-0.25, -0.2) is 4.98 Å². The molecule has 1 aromatic carbocycles. The SMILES string of the molecule is Cc1ccc(Cl)c(OCC(O)CNC(C)(C)C)c1/C=C/n1ccnc1. The van der Waals surface area contributed by atoms with E-state index in [1.165, 1.54) is 0 Å². The number of aliphatic hydroxyl groups excluding tert-OH is 1. The molecule has 1 atom stereocenters. The van der Waals surface area contributed by atoms with Gasteiger partial charge < -0.3 is 19.7 Å². The lowest BCUT2D eigenvalue weighted by molar-refractivity contribution is 0.1000. The highest BCUT2D eigenvalue weighted by molar-refractivity contribution is 6.32. The Labute approximate surface area is 154 Å². The van der Waals surface area contributed by atoms with Crippen LogP contribution in [-0.2, 0) is 0 Å². The molecular formula is C19H26ClN3O2. The normalized spacial score (nSPS) is 13.4. The van der Waals surface area contributed by atoms with Crippen LogP contribution in [0.1, 0.15) is 31.9 Å². The fraction of sp³-hybridized carbons (Fsp3) is 0.421. The second kappa shape index (κ2) is 8.52. The zero-order chi connectivity index (χ0) is 18.4. The topological polar surface area (TPSA) is 59.3 Å². The molecule has 6 heteroatoms. The molecule has 2 N–H and O–H groups in total. The third-order valence-corrected chi connectivity index (χ3v) is 3.89. The molecule has 1 unspecified atom stereocenters. The molecule has 1 aromatic heterocycles. The second-order valence-corrected chi connectivity index (χ2v) is 7.44. The summed E-state index contributed by atoms with van der Waals surface area (Å²) in [5.41, 5.74) is 1.87. The molecule has 0 aliphatic heterocycles. The van der Waals surface area contributed by atoms with Crippen molar-refractivity contribution < 1.29 is 9.84 Å². The van der Waals surface area contributed by atoms with Crippen LogP contribution in [0.15, 0.2) is 30.9 Å². The van der Waals surface area contributed by atoms with Gasteiger partial charge in [-0.15, -0.1) is 0 Å². The van der Waals surface area contributed by atoms with E-state index in [-0.39, 0.29) is 12.1 Å². The summed E-state index contributed by atoms with van der Waals surface area (Å²) >= 11 is 6.32. The van der Waals surface area contributed by atoms with Crippen LogP contribution in [0.2, 0.25) is 5.02 Å². The van der Waals surface area contributed by atoms with Gasteiger partial charge >= 0.3 is 0 Å². The minimum atomic E-state index is -0.624. The fourth-order valence-electron chi connectivity index (χ4n) is 2.21. The zero-order valence-corrected chi connectivity index (χ0v) is 15.9. The predicted molar refractivity (Wildman–Crippen MR) is 103 cm³/mol. The van der Waals surface area contributed by atoms with Crippen LogP contribution >= 0.6 is 11.6 Å². The van der Waals surface area contributed by atoms with Crippen LogP contribution in [0.3, 0.4) is 0 Å². The zero-order valence-electron chi connectivity index (χ0n) is 15.2. The van der Waals surface area contributed by atoms with E-state index in [9.17, 15) is 5.11 Å². The van der Waals surface area contributed by atoms with Gasteiger partial charge in [-0.3, -0.25) is 0 Å². The van der Waals surface area contributed by atoms with E-state index < -0.39 is 6.10 Å². The Balaban J connectivity index is 2.10. The highest BCUT2D eigenvalue weighted by Crippen LogP contribution is 2.32. The predicted octanol–water partition coefficient (Wildman–Crippen LogP) is 3.60. The number of aryl methyl sites for hydroxylation is 1. The lowest BCUT2D eigenvalue weighted by atomic mass is 10.1. The number of aliphatic hydroxyl groups is 1. The van der Waals surface area contributed by atoms with E-state index in [4.69, 9.17) is 16.3 Å². The molecule has 0 aliphatic carbocycles. The van der Waals surface area contributed by atoms with Crippen molar-refractivity contribution in [2.75, 3.05) is 13.2 Å². The molecule has 0 radical (unpaired) electrons. The van der Waals surface area contributed by atoms with E-state index in [0.29, 0.717) is 17.3 Å². The third kappa shape index (κ3) is 6.20. The Hall–Kier alpha value is -1.82. The van der Waals surface area contributed by atoms with Gasteiger partial charge in [0.15, 0.2) is 0 Å². The van der Waals surface area contributed by atoms with Gasteiger partial charge in [0, 0.05) is 36.2 Å². The van der Waals surface area contributed by atoms with Crippen molar-refractivity contribution in [1.82, 2.24) is 14.9 Å². The van der Waals surface area contributed by atoms with Crippen LogP contribution in [0, 0.1) is 6.92 Å². The van der Waals surface area contributed by atoms with Gasteiger partial charge in [0.05, 0.1) is 11.3 Å². The first-order chi connectivity index (χ1) is 11.8. The number of rotatable bonds is 7. The monoisotopic (exact) mass is 363 g/mol. The Bertz CT molecular complexity index is 706. The molecule has 2 rings (SSSR count).